The van der Waals surface area contributed by atoms with Gasteiger partial charge in [0, 0.05) is 5.56 Å². The van der Waals surface area contributed by atoms with Crippen LogP contribution in [-0.2, 0) is 11.2 Å². The second-order valence-corrected chi connectivity index (χ2v) is 6.78. The number of nitriles is 1. The fourth-order valence-corrected chi connectivity index (χ4v) is 3.20. The van der Waals surface area contributed by atoms with E-state index < -0.39 is 5.97 Å². The molecule has 0 radical (unpaired) electrons. The Morgan fingerprint density at radius 2 is 1.62 bits per heavy atom. The number of benzene rings is 3. The van der Waals surface area contributed by atoms with Gasteiger partial charge in [0.15, 0.2) is 11.5 Å². The van der Waals surface area contributed by atoms with Gasteiger partial charge in [-0.2, -0.15) is 5.26 Å². The number of para-hydroxylation sites is 1. The maximum Gasteiger partial charge on any atom is 0.315 e. The Bertz CT molecular complexity index is 1180. The van der Waals surface area contributed by atoms with E-state index in [2.05, 4.69) is 6.07 Å². The lowest BCUT2D eigenvalue weighted by Crippen LogP contribution is -2.11. The molecule has 6 heteroatoms. The van der Waals surface area contributed by atoms with Gasteiger partial charge in [-0.15, -0.1) is 0 Å². The summed E-state index contributed by atoms with van der Waals surface area (Å²) in [6, 6.07) is 21.8. The minimum absolute atomic E-state index is 0.0745. The Kier molecular flexibility index (Phi) is 7.50. The van der Waals surface area contributed by atoms with Crippen molar-refractivity contribution in [2.75, 3.05) is 21.3 Å². The highest BCUT2D eigenvalue weighted by molar-refractivity contribution is 5.91. The van der Waals surface area contributed by atoms with E-state index in [9.17, 15) is 10.1 Å². The highest BCUT2D eigenvalue weighted by Crippen LogP contribution is 2.29. The van der Waals surface area contributed by atoms with E-state index in [0.29, 0.717) is 34.1 Å². The minimum Gasteiger partial charge on any atom is -0.496 e. The number of ether oxygens (including phenoxy) is 4. The minimum atomic E-state index is -0.413. The molecule has 0 atom stereocenters. The predicted molar refractivity (Wildman–Crippen MR) is 122 cm³/mol. The molecule has 162 valence electrons. The zero-order valence-corrected chi connectivity index (χ0v) is 18.1. The summed E-state index contributed by atoms with van der Waals surface area (Å²) < 4.78 is 21.3. The number of carbonyl (C=O) groups excluding carboxylic acids is 1. The average molecular weight is 429 g/mol. The number of hydrogen-bond acceptors (Lipinski definition) is 6. The van der Waals surface area contributed by atoms with Gasteiger partial charge in [-0.1, -0.05) is 30.3 Å². The molecule has 32 heavy (non-hydrogen) atoms. The standard InChI is InChI=1S/C26H23NO5/c1-29-23-10-5-4-9-22(23)20(17-27)13-18-7-6-8-21(14-18)32-26(28)16-19-11-12-24(30-2)25(15-19)31-3/h4-15H,16H2,1-3H3/b20-13-. The van der Waals surface area contributed by atoms with Crippen LogP contribution in [0.5, 0.6) is 23.0 Å². The molecule has 0 aliphatic rings. The molecule has 0 fully saturated rings. The van der Waals surface area contributed by atoms with Crippen LogP contribution in [0.15, 0.2) is 66.7 Å². The third-order valence-electron chi connectivity index (χ3n) is 4.71. The monoisotopic (exact) mass is 429 g/mol. The summed E-state index contributed by atoms with van der Waals surface area (Å²) in [5.74, 6) is 1.72. The van der Waals surface area contributed by atoms with Gasteiger partial charge in [-0.25, -0.2) is 0 Å². The zero-order chi connectivity index (χ0) is 22.9. The summed E-state index contributed by atoms with van der Waals surface area (Å²) in [7, 11) is 4.66. The van der Waals surface area contributed by atoms with Crippen LogP contribution in [0.4, 0.5) is 0 Å². The summed E-state index contributed by atoms with van der Waals surface area (Å²) in [6.45, 7) is 0. The van der Waals surface area contributed by atoms with Crippen molar-refractivity contribution >= 4 is 17.6 Å². The van der Waals surface area contributed by atoms with Gasteiger partial charge in [0.2, 0.25) is 0 Å². The zero-order valence-electron chi connectivity index (χ0n) is 18.1. The van der Waals surface area contributed by atoms with Crippen LogP contribution in [-0.4, -0.2) is 27.3 Å². The molecule has 0 saturated carbocycles. The number of rotatable bonds is 8. The maximum atomic E-state index is 12.5. The topological polar surface area (TPSA) is 77.8 Å². The van der Waals surface area contributed by atoms with Crippen LogP contribution < -0.4 is 18.9 Å². The van der Waals surface area contributed by atoms with Crippen molar-refractivity contribution in [2.24, 2.45) is 0 Å². The normalized spacial score (nSPS) is 10.8. The van der Waals surface area contributed by atoms with Gasteiger partial charge >= 0.3 is 5.97 Å². The second kappa shape index (κ2) is 10.7. The van der Waals surface area contributed by atoms with Gasteiger partial charge in [0.1, 0.15) is 11.5 Å². The molecular weight excluding hydrogens is 406 g/mol. The molecule has 0 aromatic heterocycles. The number of carbonyl (C=O) groups is 1. The van der Waals surface area contributed by atoms with Gasteiger partial charge < -0.3 is 18.9 Å². The summed E-state index contributed by atoms with van der Waals surface area (Å²) in [5.41, 5.74) is 2.60. The van der Waals surface area contributed by atoms with Crippen molar-refractivity contribution in [3.05, 3.63) is 83.4 Å². The molecule has 3 aromatic carbocycles. The first-order chi connectivity index (χ1) is 15.6. The molecule has 6 nitrogen and oxygen atoms in total. The molecule has 0 saturated heterocycles. The molecule has 0 N–H and O–H groups in total. The molecule has 0 unspecified atom stereocenters. The number of hydrogen-bond donors (Lipinski definition) is 0. The van der Waals surface area contributed by atoms with Crippen molar-refractivity contribution in [1.29, 1.82) is 5.26 Å². The lowest BCUT2D eigenvalue weighted by atomic mass is 10.0. The highest BCUT2D eigenvalue weighted by Gasteiger charge is 2.11. The Morgan fingerprint density at radius 3 is 2.34 bits per heavy atom. The van der Waals surface area contributed by atoms with Crippen molar-refractivity contribution in [1.82, 2.24) is 0 Å². The molecule has 0 amide bonds. The Labute approximate surface area is 187 Å². The SMILES string of the molecule is COc1ccc(CC(=O)Oc2cccc(/C=C(/C#N)c3ccccc3OC)c2)cc1OC. The van der Waals surface area contributed by atoms with E-state index in [0.717, 1.165) is 11.1 Å². The fourth-order valence-electron chi connectivity index (χ4n) is 3.20. The van der Waals surface area contributed by atoms with Crippen LogP contribution in [0.3, 0.4) is 0 Å². The predicted octanol–water partition coefficient (Wildman–Crippen LogP) is 4.92. The number of esters is 1. The quantitative estimate of drug-likeness (QED) is 0.219. The maximum absolute atomic E-state index is 12.5. The number of methoxy groups -OCH3 is 3. The van der Waals surface area contributed by atoms with E-state index in [1.54, 1.807) is 69.9 Å². The molecular formula is C26H23NO5. The number of nitrogens with zero attached hydrogens (tertiary/aromatic N) is 1. The van der Waals surface area contributed by atoms with Crippen molar-refractivity contribution in [2.45, 2.75) is 6.42 Å². The van der Waals surface area contributed by atoms with E-state index in [1.165, 1.54) is 0 Å². The second-order valence-electron chi connectivity index (χ2n) is 6.78. The summed E-state index contributed by atoms with van der Waals surface area (Å²) in [6.07, 6.45) is 1.80. The Balaban J connectivity index is 1.77. The average Bonchev–Trinajstić information content (AvgIpc) is 2.82. The molecule has 0 heterocycles. The van der Waals surface area contributed by atoms with Gasteiger partial charge in [-0.05, 0) is 53.6 Å². The third kappa shape index (κ3) is 5.46. The van der Waals surface area contributed by atoms with Gasteiger partial charge in [0.05, 0.1) is 39.4 Å². The Hall–Kier alpha value is -4.24. The summed E-state index contributed by atoms with van der Waals surface area (Å²) >= 11 is 0. The largest absolute Gasteiger partial charge is 0.496 e. The van der Waals surface area contributed by atoms with Crippen LogP contribution in [0, 0.1) is 11.3 Å². The van der Waals surface area contributed by atoms with Crippen LogP contribution in [0.2, 0.25) is 0 Å². The van der Waals surface area contributed by atoms with Crippen LogP contribution in [0.25, 0.3) is 11.6 Å². The molecule has 3 rings (SSSR count). The smallest absolute Gasteiger partial charge is 0.315 e. The van der Waals surface area contributed by atoms with Gasteiger partial charge in [0.25, 0.3) is 0 Å². The molecule has 0 bridgehead atoms. The van der Waals surface area contributed by atoms with Crippen LogP contribution in [0.1, 0.15) is 16.7 Å². The first kappa shape index (κ1) is 22.4. The number of allylic oxidation sites excluding steroid dienone is 1. The van der Waals surface area contributed by atoms with Crippen molar-refractivity contribution in [3.63, 3.8) is 0 Å². The third-order valence-corrected chi connectivity index (χ3v) is 4.71. The first-order valence-corrected chi connectivity index (χ1v) is 9.84. The molecule has 0 aliphatic heterocycles. The lowest BCUT2D eigenvalue weighted by molar-refractivity contribution is -0.133. The van der Waals surface area contributed by atoms with Crippen molar-refractivity contribution in [3.8, 4) is 29.1 Å². The van der Waals surface area contributed by atoms with Gasteiger partial charge in [-0.3, -0.25) is 4.79 Å². The van der Waals surface area contributed by atoms with Crippen molar-refractivity contribution < 1.29 is 23.7 Å². The summed E-state index contributed by atoms with van der Waals surface area (Å²) in [4.78, 5) is 12.5. The lowest BCUT2D eigenvalue weighted by Gasteiger charge is -2.10. The Morgan fingerprint density at radius 1 is 0.875 bits per heavy atom. The van der Waals surface area contributed by atoms with E-state index in [1.807, 2.05) is 24.3 Å². The van der Waals surface area contributed by atoms with E-state index in [-0.39, 0.29) is 6.42 Å². The summed E-state index contributed by atoms with van der Waals surface area (Å²) in [5, 5.41) is 9.64. The van der Waals surface area contributed by atoms with E-state index >= 15 is 0 Å². The van der Waals surface area contributed by atoms with Crippen LogP contribution >= 0.6 is 0 Å². The first-order valence-electron chi connectivity index (χ1n) is 9.84. The fraction of sp³-hybridized carbons (Fsp3) is 0.154. The highest BCUT2D eigenvalue weighted by atomic mass is 16.5. The van der Waals surface area contributed by atoms with E-state index in [4.69, 9.17) is 18.9 Å². The molecule has 0 aliphatic carbocycles. The molecule has 0 spiro atoms. The molecule has 3 aromatic rings.